The van der Waals surface area contributed by atoms with E-state index in [-0.39, 0.29) is 11.4 Å². The zero-order valence-electron chi connectivity index (χ0n) is 11.2. The topological polar surface area (TPSA) is 52.4 Å². The Morgan fingerprint density at radius 2 is 1.95 bits per heavy atom. The summed E-state index contributed by atoms with van der Waals surface area (Å²) in [7, 11) is 0. The number of alkyl halides is 1. The van der Waals surface area contributed by atoms with Crippen LogP contribution >= 0.6 is 11.6 Å². The van der Waals surface area contributed by atoms with Gasteiger partial charge in [0.15, 0.2) is 0 Å². The number of para-hydroxylation sites is 1. The van der Waals surface area contributed by atoms with Gasteiger partial charge < -0.3 is 4.74 Å². The number of nitrogens with zero attached hydrogens (tertiary/aromatic N) is 1. The van der Waals surface area contributed by atoms with Crippen molar-refractivity contribution in [3.8, 4) is 11.5 Å². The van der Waals surface area contributed by atoms with Gasteiger partial charge in [-0.15, -0.1) is 11.6 Å². The fraction of sp³-hybridized carbons (Fsp3) is 0.200. The summed E-state index contributed by atoms with van der Waals surface area (Å²) in [4.78, 5) is 10.6. The van der Waals surface area contributed by atoms with Crippen molar-refractivity contribution in [3.05, 3.63) is 63.2 Å². The highest BCUT2D eigenvalue weighted by Crippen LogP contribution is 2.34. The smallest absolute Gasteiger partial charge is 0.311 e. The van der Waals surface area contributed by atoms with Gasteiger partial charge >= 0.3 is 5.69 Å². The molecule has 0 spiro atoms. The van der Waals surface area contributed by atoms with Crippen molar-refractivity contribution in [2.75, 3.05) is 0 Å². The monoisotopic (exact) mass is 291 g/mol. The molecule has 0 saturated carbocycles. The van der Waals surface area contributed by atoms with Gasteiger partial charge in [-0.1, -0.05) is 18.2 Å². The minimum atomic E-state index is -0.442. The number of benzene rings is 2. The van der Waals surface area contributed by atoms with E-state index in [0.29, 0.717) is 11.6 Å². The van der Waals surface area contributed by atoms with Crippen LogP contribution in [0.4, 0.5) is 5.69 Å². The van der Waals surface area contributed by atoms with E-state index in [4.69, 9.17) is 16.3 Å². The molecule has 0 aliphatic rings. The van der Waals surface area contributed by atoms with Crippen LogP contribution < -0.4 is 4.74 Å². The Kier molecular flexibility index (Phi) is 4.25. The summed E-state index contributed by atoms with van der Waals surface area (Å²) in [5.41, 5.74) is 2.69. The Balaban J connectivity index is 2.39. The molecule has 0 aliphatic heterocycles. The van der Waals surface area contributed by atoms with Crippen LogP contribution in [-0.2, 0) is 5.88 Å². The lowest BCUT2D eigenvalue weighted by molar-refractivity contribution is -0.385. The SMILES string of the molecule is Cc1cc(Oc2c(C)cccc2[N+](=O)[O-])ccc1CCl. The predicted octanol–water partition coefficient (Wildman–Crippen LogP) is 4.74. The van der Waals surface area contributed by atoms with Crippen molar-refractivity contribution in [2.24, 2.45) is 0 Å². The first-order valence-corrected chi connectivity index (χ1v) is 6.63. The molecule has 20 heavy (non-hydrogen) atoms. The van der Waals surface area contributed by atoms with E-state index in [1.165, 1.54) is 6.07 Å². The molecule has 5 heteroatoms. The summed E-state index contributed by atoms with van der Waals surface area (Å²) in [6.07, 6.45) is 0. The Hall–Kier alpha value is -2.07. The Morgan fingerprint density at radius 3 is 2.55 bits per heavy atom. The predicted molar refractivity (Wildman–Crippen MR) is 78.6 cm³/mol. The zero-order valence-corrected chi connectivity index (χ0v) is 12.0. The molecule has 0 N–H and O–H groups in total. The Bertz CT molecular complexity index is 656. The van der Waals surface area contributed by atoms with Gasteiger partial charge in [0.2, 0.25) is 5.75 Å². The van der Waals surface area contributed by atoms with Crippen molar-refractivity contribution in [1.82, 2.24) is 0 Å². The van der Waals surface area contributed by atoms with E-state index >= 15 is 0 Å². The normalized spacial score (nSPS) is 10.3. The van der Waals surface area contributed by atoms with Crippen molar-refractivity contribution in [1.29, 1.82) is 0 Å². The van der Waals surface area contributed by atoms with E-state index < -0.39 is 4.92 Å². The van der Waals surface area contributed by atoms with Gasteiger partial charge in [0.1, 0.15) is 5.75 Å². The average molecular weight is 292 g/mol. The summed E-state index contributed by atoms with van der Waals surface area (Å²) >= 11 is 5.81. The maximum absolute atomic E-state index is 11.0. The highest BCUT2D eigenvalue weighted by atomic mass is 35.5. The van der Waals surface area contributed by atoms with Crippen LogP contribution in [0.2, 0.25) is 0 Å². The lowest BCUT2D eigenvalue weighted by Gasteiger charge is -2.10. The molecule has 0 heterocycles. The fourth-order valence-corrected chi connectivity index (χ4v) is 2.21. The van der Waals surface area contributed by atoms with E-state index in [9.17, 15) is 10.1 Å². The maximum atomic E-state index is 11.0. The lowest BCUT2D eigenvalue weighted by Crippen LogP contribution is -1.96. The molecular weight excluding hydrogens is 278 g/mol. The van der Waals surface area contributed by atoms with Crippen LogP contribution in [0.1, 0.15) is 16.7 Å². The first-order chi connectivity index (χ1) is 9.52. The molecule has 4 nitrogen and oxygen atoms in total. The molecule has 0 amide bonds. The van der Waals surface area contributed by atoms with Crippen molar-refractivity contribution < 1.29 is 9.66 Å². The highest BCUT2D eigenvalue weighted by Gasteiger charge is 2.17. The first kappa shape index (κ1) is 14.3. The van der Waals surface area contributed by atoms with Crippen LogP contribution in [-0.4, -0.2) is 4.92 Å². The molecule has 2 aromatic carbocycles. The molecule has 0 unspecified atom stereocenters. The quantitative estimate of drug-likeness (QED) is 0.464. The Labute approximate surface area is 122 Å². The molecular formula is C15H14ClNO3. The van der Waals surface area contributed by atoms with Gasteiger partial charge in [-0.3, -0.25) is 10.1 Å². The molecule has 0 saturated heterocycles. The van der Waals surface area contributed by atoms with Crippen molar-refractivity contribution >= 4 is 17.3 Å². The van der Waals surface area contributed by atoms with Gasteiger partial charge in [0, 0.05) is 11.9 Å². The second kappa shape index (κ2) is 5.92. The minimum absolute atomic E-state index is 0.0379. The van der Waals surface area contributed by atoms with E-state index in [2.05, 4.69) is 0 Å². The number of aryl methyl sites for hydroxylation is 2. The van der Waals surface area contributed by atoms with Crippen LogP contribution in [0.3, 0.4) is 0 Å². The fourth-order valence-electron chi connectivity index (χ4n) is 1.91. The standard InChI is InChI=1S/C15H14ClNO3/c1-10-4-3-5-14(17(18)19)15(10)20-13-7-6-12(9-16)11(2)8-13/h3-8H,9H2,1-2H3. The first-order valence-electron chi connectivity index (χ1n) is 6.10. The van der Waals surface area contributed by atoms with Gasteiger partial charge in [0.25, 0.3) is 0 Å². The van der Waals surface area contributed by atoms with Gasteiger partial charge in [-0.25, -0.2) is 0 Å². The number of rotatable bonds is 4. The number of halogens is 1. The second-order valence-electron chi connectivity index (χ2n) is 4.50. The van der Waals surface area contributed by atoms with Crippen molar-refractivity contribution in [3.63, 3.8) is 0 Å². The van der Waals surface area contributed by atoms with E-state index in [0.717, 1.165) is 16.7 Å². The van der Waals surface area contributed by atoms with E-state index in [1.807, 2.05) is 19.1 Å². The second-order valence-corrected chi connectivity index (χ2v) is 4.77. The number of hydrogen-bond donors (Lipinski definition) is 0. The van der Waals surface area contributed by atoms with Gasteiger partial charge in [-0.05, 0) is 42.7 Å². The van der Waals surface area contributed by atoms with Crippen LogP contribution in [0.5, 0.6) is 11.5 Å². The van der Waals surface area contributed by atoms with Gasteiger partial charge in [0.05, 0.1) is 4.92 Å². The highest BCUT2D eigenvalue weighted by molar-refractivity contribution is 6.17. The lowest BCUT2D eigenvalue weighted by atomic mass is 10.1. The molecule has 104 valence electrons. The Morgan fingerprint density at radius 1 is 1.20 bits per heavy atom. The van der Waals surface area contributed by atoms with Crippen molar-refractivity contribution in [2.45, 2.75) is 19.7 Å². The molecule has 0 bridgehead atoms. The van der Waals surface area contributed by atoms with Gasteiger partial charge in [-0.2, -0.15) is 0 Å². The number of hydrogen-bond acceptors (Lipinski definition) is 3. The van der Waals surface area contributed by atoms with E-state index in [1.54, 1.807) is 25.1 Å². The summed E-state index contributed by atoms with van der Waals surface area (Å²) in [6, 6.07) is 10.3. The summed E-state index contributed by atoms with van der Waals surface area (Å²) < 4.78 is 5.70. The van der Waals surface area contributed by atoms with Crippen LogP contribution in [0.25, 0.3) is 0 Å². The summed E-state index contributed by atoms with van der Waals surface area (Å²) in [6.45, 7) is 3.71. The molecule has 2 rings (SSSR count). The number of nitro groups is 1. The molecule has 0 atom stereocenters. The third-order valence-electron chi connectivity index (χ3n) is 3.07. The van der Waals surface area contributed by atoms with Crippen LogP contribution in [0.15, 0.2) is 36.4 Å². The largest absolute Gasteiger partial charge is 0.450 e. The minimum Gasteiger partial charge on any atom is -0.450 e. The number of ether oxygens (including phenoxy) is 1. The number of nitro benzene ring substituents is 1. The molecule has 0 fully saturated rings. The zero-order chi connectivity index (χ0) is 14.7. The third-order valence-corrected chi connectivity index (χ3v) is 3.35. The molecule has 0 radical (unpaired) electrons. The molecule has 0 aromatic heterocycles. The summed E-state index contributed by atoms with van der Waals surface area (Å²) in [5.74, 6) is 1.26. The summed E-state index contributed by atoms with van der Waals surface area (Å²) in [5, 5.41) is 11.0. The third kappa shape index (κ3) is 2.91. The molecule has 0 aliphatic carbocycles. The molecule has 2 aromatic rings. The average Bonchev–Trinajstić information content (AvgIpc) is 2.41. The van der Waals surface area contributed by atoms with Crippen LogP contribution in [0, 0.1) is 24.0 Å². The maximum Gasteiger partial charge on any atom is 0.311 e.